The average Bonchev–Trinajstić information content (AvgIpc) is 3.11. The first kappa shape index (κ1) is 12.5. The largest absolute Gasteiger partial charge is 0.312 e. The van der Waals surface area contributed by atoms with E-state index in [2.05, 4.69) is 4.99 Å². The minimum Gasteiger partial charge on any atom is -0.281 e. The predicted molar refractivity (Wildman–Crippen MR) is 70.1 cm³/mol. The second-order valence-electron chi connectivity index (χ2n) is 4.25. The fourth-order valence-corrected chi connectivity index (χ4v) is 5.68. The van der Waals surface area contributed by atoms with E-state index in [9.17, 15) is 4.57 Å². The van der Waals surface area contributed by atoms with Crippen LogP contribution in [0.5, 0.6) is 0 Å². The Morgan fingerprint density at radius 1 is 1.06 bits per heavy atom. The Morgan fingerprint density at radius 2 is 1.59 bits per heavy atom. The third kappa shape index (κ3) is 2.11. The third-order valence-electron chi connectivity index (χ3n) is 2.97. The molecule has 5 nitrogen and oxygen atoms in total. The van der Waals surface area contributed by atoms with Crippen molar-refractivity contribution in [3.05, 3.63) is 0 Å². The van der Waals surface area contributed by atoms with E-state index >= 15 is 0 Å². The molecule has 17 heavy (non-hydrogen) atoms. The highest BCUT2D eigenvalue weighted by atomic mass is 35.6. The molecule has 0 saturated carbocycles. The molecule has 2 fully saturated rings. The molecule has 0 radical (unpaired) electrons. The Kier molecular flexibility index (Phi) is 2.94. The number of nitrogens with zero attached hydrogens (tertiary/aromatic N) is 4. The Bertz CT molecular complexity index is 399. The van der Waals surface area contributed by atoms with Crippen molar-refractivity contribution >= 4 is 48.2 Å². The summed E-state index contributed by atoms with van der Waals surface area (Å²) in [5.41, 5.74) is 0. The van der Waals surface area contributed by atoms with E-state index in [4.69, 9.17) is 34.8 Å². The van der Waals surface area contributed by atoms with Crippen LogP contribution in [-0.4, -0.2) is 62.9 Å². The van der Waals surface area contributed by atoms with Crippen molar-refractivity contribution in [2.24, 2.45) is 4.99 Å². The number of hydrogen-bond acceptors (Lipinski definition) is 2. The molecule has 0 N–H and O–H groups in total. The van der Waals surface area contributed by atoms with E-state index in [1.807, 2.05) is 9.34 Å². The molecule has 3 aliphatic rings. The van der Waals surface area contributed by atoms with Crippen molar-refractivity contribution < 1.29 is 4.57 Å². The van der Waals surface area contributed by atoms with Crippen molar-refractivity contribution in [1.82, 2.24) is 14.0 Å². The smallest absolute Gasteiger partial charge is 0.281 e. The van der Waals surface area contributed by atoms with E-state index in [0.29, 0.717) is 18.9 Å². The van der Waals surface area contributed by atoms with Gasteiger partial charge in [-0.25, -0.2) is 9.34 Å². The molecule has 0 spiro atoms. The lowest BCUT2D eigenvalue weighted by atomic mass is 10.6. The number of amidine groups is 1. The number of alkyl halides is 3. The maximum absolute atomic E-state index is 13.1. The molecule has 2 saturated heterocycles. The van der Waals surface area contributed by atoms with Gasteiger partial charge in [0.2, 0.25) is 3.79 Å². The first-order chi connectivity index (χ1) is 7.94. The Balaban J connectivity index is 1.92. The summed E-state index contributed by atoms with van der Waals surface area (Å²) in [6.45, 7) is 4.48. The Labute approximate surface area is 115 Å². The standard InChI is InChI=1S/C8H12Cl3N4OP/c9-8(10,11)7-12-1-2-15(7)17(16,13-3-4-13)14-5-6-14/h1-6H2. The van der Waals surface area contributed by atoms with Crippen molar-refractivity contribution in [3.63, 3.8) is 0 Å². The van der Waals surface area contributed by atoms with Crippen LogP contribution in [0.15, 0.2) is 4.99 Å². The quantitative estimate of drug-likeness (QED) is 0.452. The second-order valence-corrected chi connectivity index (χ2v) is 9.17. The van der Waals surface area contributed by atoms with E-state index < -0.39 is 11.4 Å². The lowest BCUT2D eigenvalue weighted by Gasteiger charge is -2.33. The maximum atomic E-state index is 13.1. The SMILES string of the molecule is O=P(N1CC1)(N1CC1)N1CCN=C1C(Cl)(Cl)Cl. The summed E-state index contributed by atoms with van der Waals surface area (Å²) >= 11 is 17.7. The fraction of sp³-hybridized carbons (Fsp3) is 0.875. The van der Waals surface area contributed by atoms with Gasteiger partial charge in [0.05, 0.1) is 6.54 Å². The van der Waals surface area contributed by atoms with Gasteiger partial charge < -0.3 is 0 Å². The molecule has 0 amide bonds. The van der Waals surface area contributed by atoms with E-state index in [1.165, 1.54) is 0 Å². The van der Waals surface area contributed by atoms with Gasteiger partial charge >= 0.3 is 7.59 Å². The number of aliphatic imine (C=N–C) groups is 1. The lowest BCUT2D eigenvalue weighted by molar-refractivity contribution is 0.459. The topological polar surface area (TPSA) is 38.7 Å². The van der Waals surface area contributed by atoms with Crippen LogP contribution in [0, 0.1) is 0 Å². The van der Waals surface area contributed by atoms with Crippen molar-refractivity contribution in [3.8, 4) is 0 Å². The summed E-state index contributed by atoms with van der Waals surface area (Å²) in [7, 11) is -2.73. The third-order valence-corrected chi connectivity index (χ3v) is 6.77. The van der Waals surface area contributed by atoms with E-state index in [0.717, 1.165) is 26.2 Å². The van der Waals surface area contributed by atoms with Gasteiger partial charge in [0.1, 0.15) is 0 Å². The normalized spacial score (nSPS) is 26.3. The highest BCUT2D eigenvalue weighted by molar-refractivity contribution is 7.58. The zero-order chi connectivity index (χ0) is 12.3. The number of halogens is 3. The summed E-state index contributed by atoms with van der Waals surface area (Å²) < 4.78 is 17.1. The Hall–Kier alpha value is 0.490. The molecular weight excluding hydrogens is 305 g/mol. The molecule has 3 heterocycles. The second kappa shape index (κ2) is 3.99. The van der Waals surface area contributed by atoms with Gasteiger partial charge in [-0.05, 0) is 0 Å². The monoisotopic (exact) mass is 316 g/mol. The summed E-state index contributed by atoms with van der Waals surface area (Å²) in [6.07, 6.45) is 0. The molecule has 9 heteroatoms. The molecular formula is C8H12Cl3N4OP. The summed E-state index contributed by atoms with van der Waals surface area (Å²) in [6, 6.07) is 0. The molecule has 0 aromatic carbocycles. The van der Waals surface area contributed by atoms with Gasteiger partial charge in [-0.15, -0.1) is 0 Å². The van der Waals surface area contributed by atoms with Crippen LogP contribution in [0.3, 0.4) is 0 Å². The van der Waals surface area contributed by atoms with Gasteiger partial charge in [-0.1, -0.05) is 34.8 Å². The van der Waals surface area contributed by atoms with Crippen LogP contribution in [0.1, 0.15) is 0 Å². The van der Waals surface area contributed by atoms with Crippen LogP contribution >= 0.6 is 42.4 Å². The molecule has 3 aliphatic heterocycles. The van der Waals surface area contributed by atoms with Crippen LogP contribution in [0.25, 0.3) is 0 Å². The van der Waals surface area contributed by atoms with Crippen LogP contribution in [0.2, 0.25) is 0 Å². The summed E-state index contributed by atoms with van der Waals surface area (Å²) in [5, 5.41) is 0. The minimum absolute atomic E-state index is 0.324. The first-order valence-electron chi connectivity index (χ1n) is 5.44. The molecule has 0 bridgehead atoms. The zero-order valence-corrected chi connectivity index (χ0v) is 12.2. The van der Waals surface area contributed by atoms with Gasteiger partial charge in [-0.3, -0.25) is 14.2 Å². The van der Waals surface area contributed by atoms with Crippen LogP contribution < -0.4 is 0 Å². The van der Waals surface area contributed by atoms with Gasteiger partial charge in [0.25, 0.3) is 0 Å². The highest BCUT2D eigenvalue weighted by Crippen LogP contribution is 2.64. The van der Waals surface area contributed by atoms with Gasteiger partial charge in [-0.2, -0.15) is 0 Å². The minimum atomic E-state index is -2.73. The zero-order valence-electron chi connectivity index (χ0n) is 9.02. The van der Waals surface area contributed by atoms with Crippen LogP contribution in [0.4, 0.5) is 0 Å². The molecule has 0 atom stereocenters. The van der Waals surface area contributed by atoms with E-state index in [1.54, 1.807) is 4.67 Å². The summed E-state index contributed by atoms with van der Waals surface area (Å²) in [4.78, 5) is 4.20. The number of rotatable bonds is 3. The van der Waals surface area contributed by atoms with E-state index in [-0.39, 0.29) is 0 Å². The first-order valence-corrected chi connectivity index (χ1v) is 8.14. The molecule has 0 aromatic rings. The average molecular weight is 318 g/mol. The van der Waals surface area contributed by atoms with Crippen LogP contribution in [-0.2, 0) is 4.57 Å². The van der Waals surface area contributed by atoms with Gasteiger partial charge in [0.15, 0.2) is 5.84 Å². The fourth-order valence-electron chi connectivity index (χ4n) is 2.02. The maximum Gasteiger partial charge on any atom is 0.312 e. The molecule has 0 unspecified atom stereocenters. The molecule has 0 aromatic heterocycles. The summed E-state index contributed by atoms with van der Waals surface area (Å²) in [5.74, 6) is 0.324. The highest BCUT2D eigenvalue weighted by Gasteiger charge is 2.55. The molecule has 3 rings (SSSR count). The Morgan fingerprint density at radius 3 is 2.00 bits per heavy atom. The van der Waals surface area contributed by atoms with Crippen molar-refractivity contribution in [1.29, 1.82) is 0 Å². The lowest BCUT2D eigenvalue weighted by Crippen LogP contribution is -2.37. The van der Waals surface area contributed by atoms with Gasteiger partial charge in [0, 0.05) is 32.7 Å². The van der Waals surface area contributed by atoms with Crippen molar-refractivity contribution in [2.45, 2.75) is 3.79 Å². The molecule has 0 aliphatic carbocycles. The predicted octanol–water partition coefficient (Wildman–Crippen LogP) is 1.81. The van der Waals surface area contributed by atoms with Crippen molar-refractivity contribution in [2.75, 3.05) is 39.3 Å². The number of hydrogen-bond donors (Lipinski definition) is 0. The molecule has 96 valence electrons.